The Morgan fingerprint density at radius 2 is 2.04 bits per heavy atom. The minimum atomic E-state index is -1.00. The Morgan fingerprint density at radius 3 is 2.74 bits per heavy atom. The number of carbonyl (C=O) groups is 2. The maximum atomic E-state index is 12.8. The van der Waals surface area contributed by atoms with Gasteiger partial charge in [0.15, 0.2) is 0 Å². The lowest BCUT2D eigenvalue weighted by atomic mass is 10.1. The van der Waals surface area contributed by atoms with Gasteiger partial charge in [0.1, 0.15) is 12.2 Å². The summed E-state index contributed by atoms with van der Waals surface area (Å²) >= 11 is 0. The molecule has 0 aliphatic carbocycles. The number of aromatic amines is 1. The van der Waals surface area contributed by atoms with Gasteiger partial charge in [-0.25, -0.2) is 0 Å². The smallest absolute Gasteiger partial charge is 0.323 e. The molecular weight excluding hydrogens is 296 g/mol. The summed E-state index contributed by atoms with van der Waals surface area (Å²) in [4.78, 5) is 28.6. The van der Waals surface area contributed by atoms with E-state index in [9.17, 15) is 9.59 Å². The van der Waals surface area contributed by atoms with Crippen LogP contribution in [0.4, 0.5) is 0 Å². The van der Waals surface area contributed by atoms with Crippen LogP contribution in [0.15, 0.2) is 24.3 Å². The monoisotopic (exact) mass is 316 g/mol. The van der Waals surface area contributed by atoms with Crippen molar-refractivity contribution in [3.05, 3.63) is 35.5 Å². The predicted molar refractivity (Wildman–Crippen MR) is 85.5 cm³/mol. The number of carboxylic acids is 1. The van der Waals surface area contributed by atoms with E-state index in [1.54, 1.807) is 6.07 Å². The van der Waals surface area contributed by atoms with Gasteiger partial charge in [0, 0.05) is 30.2 Å². The fraction of sp³-hybridized carbons (Fsp3) is 0.412. The van der Waals surface area contributed by atoms with Crippen molar-refractivity contribution in [3.8, 4) is 0 Å². The number of aromatic nitrogens is 1. The van der Waals surface area contributed by atoms with Crippen LogP contribution in [0.25, 0.3) is 10.9 Å². The number of ether oxygens (including phenoxy) is 1. The molecule has 0 saturated carbocycles. The van der Waals surface area contributed by atoms with Crippen LogP contribution in [0.1, 0.15) is 28.9 Å². The number of amides is 1. The first-order valence-electron chi connectivity index (χ1n) is 7.74. The summed E-state index contributed by atoms with van der Waals surface area (Å²) < 4.78 is 5.31. The first kappa shape index (κ1) is 15.6. The van der Waals surface area contributed by atoms with E-state index in [4.69, 9.17) is 9.84 Å². The van der Waals surface area contributed by atoms with Gasteiger partial charge < -0.3 is 19.7 Å². The van der Waals surface area contributed by atoms with Crippen molar-refractivity contribution in [2.45, 2.75) is 25.8 Å². The number of fused-ring (bicyclic) bond motifs is 1. The van der Waals surface area contributed by atoms with Crippen molar-refractivity contribution >= 4 is 22.8 Å². The molecule has 122 valence electrons. The predicted octanol–water partition coefficient (Wildman–Crippen LogP) is 2.18. The third kappa shape index (κ3) is 3.37. The van der Waals surface area contributed by atoms with Crippen LogP contribution in [0.3, 0.4) is 0 Å². The zero-order valence-electron chi connectivity index (χ0n) is 13.0. The molecule has 3 rings (SSSR count). The Bertz CT molecular complexity index is 731. The van der Waals surface area contributed by atoms with Crippen LogP contribution in [0.5, 0.6) is 0 Å². The second-order valence-corrected chi connectivity index (χ2v) is 5.94. The first-order valence-corrected chi connectivity index (χ1v) is 7.74. The number of benzene rings is 1. The number of nitrogens with one attached hydrogen (secondary N) is 1. The Morgan fingerprint density at radius 1 is 1.30 bits per heavy atom. The van der Waals surface area contributed by atoms with E-state index in [1.807, 2.05) is 25.1 Å². The molecule has 1 aliphatic heterocycles. The van der Waals surface area contributed by atoms with E-state index >= 15 is 0 Å². The van der Waals surface area contributed by atoms with E-state index in [-0.39, 0.29) is 18.5 Å². The number of hydrogen-bond acceptors (Lipinski definition) is 3. The maximum absolute atomic E-state index is 12.8. The quantitative estimate of drug-likeness (QED) is 0.905. The molecule has 1 saturated heterocycles. The van der Waals surface area contributed by atoms with Gasteiger partial charge in [-0.05, 0) is 37.5 Å². The number of carbonyl (C=O) groups excluding carboxylic acids is 1. The normalized spacial score (nSPS) is 15.7. The van der Waals surface area contributed by atoms with Crippen LogP contribution in [-0.4, -0.2) is 52.7 Å². The van der Waals surface area contributed by atoms with Crippen molar-refractivity contribution in [2.24, 2.45) is 0 Å². The van der Waals surface area contributed by atoms with E-state index < -0.39 is 5.97 Å². The van der Waals surface area contributed by atoms with Crippen LogP contribution in [-0.2, 0) is 9.53 Å². The molecule has 0 unspecified atom stereocenters. The number of rotatable bonds is 4. The third-order valence-electron chi connectivity index (χ3n) is 4.21. The van der Waals surface area contributed by atoms with Gasteiger partial charge >= 0.3 is 5.97 Å². The van der Waals surface area contributed by atoms with E-state index in [0.29, 0.717) is 31.7 Å². The number of carboxylic acid groups (broad SMARTS) is 1. The van der Waals surface area contributed by atoms with Crippen molar-refractivity contribution < 1.29 is 19.4 Å². The number of nitrogens with zero attached hydrogens (tertiary/aromatic N) is 1. The summed E-state index contributed by atoms with van der Waals surface area (Å²) in [5.41, 5.74) is 2.42. The van der Waals surface area contributed by atoms with E-state index in [1.165, 1.54) is 4.90 Å². The van der Waals surface area contributed by atoms with Gasteiger partial charge in [-0.2, -0.15) is 0 Å². The summed E-state index contributed by atoms with van der Waals surface area (Å²) in [7, 11) is 0. The molecule has 0 bridgehead atoms. The number of aliphatic carboxylic acids is 1. The maximum Gasteiger partial charge on any atom is 0.323 e. The lowest BCUT2D eigenvalue weighted by Crippen LogP contribution is -2.46. The molecule has 1 fully saturated rings. The Balaban J connectivity index is 1.89. The fourth-order valence-electron chi connectivity index (χ4n) is 3.02. The molecule has 1 aliphatic rings. The van der Waals surface area contributed by atoms with Crippen LogP contribution < -0.4 is 0 Å². The van der Waals surface area contributed by atoms with Gasteiger partial charge in [0.05, 0.1) is 0 Å². The standard InChI is InChI=1S/C17H20N2O4/c1-11-2-3-12-9-15(18-14(12)8-11)17(22)19(10-16(20)21)13-4-6-23-7-5-13/h2-3,8-9,13,18H,4-7,10H2,1H3,(H,20,21). The molecule has 2 N–H and O–H groups in total. The van der Waals surface area contributed by atoms with Crippen molar-refractivity contribution in [3.63, 3.8) is 0 Å². The van der Waals surface area contributed by atoms with Gasteiger partial charge in [0.2, 0.25) is 0 Å². The molecular formula is C17H20N2O4. The van der Waals surface area contributed by atoms with E-state index in [0.717, 1.165) is 16.5 Å². The summed E-state index contributed by atoms with van der Waals surface area (Å²) in [5, 5.41) is 10.1. The molecule has 0 atom stereocenters. The highest BCUT2D eigenvalue weighted by atomic mass is 16.5. The SMILES string of the molecule is Cc1ccc2cc(C(=O)N(CC(=O)O)C3CCOCC3)[nH]c2c1. The zero-order chi connectivity index (χ0) is 16.4. The van der Waals surface area contributed by atoms with Crippen molar-refractivity contribution in [1.29, 1.82) is 0 Å². The molecule has 23 heavy (non-hydrogen) atoms. The average molecular weight is 316 g/mol. The summed E-state index contributed by atoms with van der Waals surface area (Å²) in [6.07, 6.45) is 1.33. The molecule has 2 heterocycles. The van der Waals surface area contributed by atoms with Gasteiger partial charge in [-0.1, -0.05) is 12.1 Å². The molecule has 0 radical (unpaired) electrons. The second kappa shape index (κ2) is 6.42. The fourth-order valence-corrected chi connectivity index (χ4v) is 3.02. The number of aryl methyl sites for hydroxylation is 1. The molecule has 0 spiro atoms. The highest BCUT2D eigenvalue weighted by molar-refractivity contribution is 5.99. The Labute approximate surface area is 134 Å². The Hall–Kier alpha value is -2.34. The molecule has 1 aromatic heterocycles. The minimum absolute atomic E-state index is 0.0968. The lowest BCUT2D eigenvalue weighted by molar-refractivity contribution is -0.138. The minimum Gasteiger partial charge on any atom is -0.480 e. The first-order chi connectivity index (χ1) is 11.0. The molecule has 2 aromatic rings. The molecule has 1 aromatic carbocycles. The van der Waals surface area contributed by atoms with Crippen LogP contribution >= 0.6 is 0 Å². The third-order valence-corrected chi connectivity index (χ3v) is 4.21. The summed E-state index contributed by atoms with van der Waals surface area (Å²) in [5.74, 6) is -1.27. The topological polar surface area (TPSA) is 82.6 Å². The van der Waals surface area contributed by atoms with E-state index in [2.05, 4.69) is 4.98 Å². The lowest BCUT2D eigenvalue weighted by Gasteiger charge is -2.32. The second-order valence-electron chi connectivity index (χ2n) is 5.94. The van der Waals surface area contributed by atoms with Crippen molar-refractivity contribution in [2.75, 3.05) is 19.8 Å². The zero-order valence-corrected chi connectivity index (χ0v) is 13.0. The van der Waals surface area contributed by atoms with Gasteiger partial charge in [-0.15, -0.1) is 0 Å². The largest absolute Gasteiger partial charge is 0.480 e. The Kier molecular flexibility index (Phi) is 4.34. The molecule has 6 heteroatoms. The highest BCUT2D eigenvalue weighted by Gasteiger charge is 2.29. The molecule has 1 amide bonds. The summed E-state index contributed by atoms with van der Waals surface area (Å²) in [6.45, 7) is 2.80. The average Bonchev–Trinajstić information content (AvgIpc) is 2.95. The number of hydrogen-bond donors (Lipinski definition) is 2. The van der Waals surface area contributed by atoms with Crippen LogP contribution in [0.2, 0.25) is 0 Å². The summed E-state index contributed by atoms with van der Waals surface area (Å²) in [6, 6.07) is 7.60. The highest BCUT2D eigenvalue weighted by Crippen LogP contribution is 2.21. The van der Waals surface area contributed by atoms with Gasteiger partial charge in [-0.3, -0.25) is 9.59 Å². The number of H-pyrrole nitrogens is 1. The van der Waals surface area contributed by atoms with Crippen LogP contribution in [0, 0.1) is 6.92 Å². The van der Waals surface area contributed by atoms with Gasteiger partial charge in [0.25, 0.3) is 5.91 Å². The molecule has 6 nitrogen and oxygen atoms in total. The van der Waals surface area contributed by atoms with Crippen molar-refractivity contribution in [1.82, 2.24) is 9.88 Å².